The zero-order chi connectivity index (χ0) is 13.0. The Labute approximate surface area is 103 Å². The van der Waals surface area contributed by atoms with Crippen LogP contribution in [0.25, 0.3) is 0 Å². The fourth-order valence-electron chi connectivity index (χ4n) is 1.30. The van der Waals surface area contributed by atoms with Crippen LogP contribution in [0.4, 0.5) is 0 Å². The molecule has 0 spiro atoms. The van der Waals surface area contributed by atoms with Crippen molar-refractivity contribution in [3.63, 3.8) is 0 Å². The van der Waals surface area contributed by atoms with Gasteiger partial charge in [-0.15, -0.1) is 0 Å². The van der Waals surface area contributed by atoms with Crippen LogP contribution in [0.2, 0.25) is 5.02 Å². The molecule has 0 bridgehead atoms. The van der Waals surface area contributed by atoms with E-state index in [1.165, 1.54) is 13.1 Å². The van der Waals surface area contributed by atoms with Crippen molar-refractivity contribution in [2.45, 2.75) is 26.5 Å². The van der Waals surface area contributed by atoms with E-state index >= 15 is 0 Å². The topological polar surface area (TPSA) is 81.4 Å². The van der Waals surface area contributed by atoms with E-state index in [2.05, 4.69) is 5.10 Å². The molecule has 1 aromatic heterocycles. The lowest BCUT2D eigenvalue weighted by atomic mass is 10.2. The van der Waals surface area contributed by atoms with Gasteiger partial charge in [-0.25, -0.2) is 4.68 Å². The molecule has 1 rings (SSSR count). The number of aliphatic hydroxyl groups is 1. The Kier molecular flexibility index (Phi) is 4.65. The van der Waals surface area contributed by atoms with Crippen molar-refractivity contribution in [1.82, 2.24) is 9.78 Å². The molecule has 0 radical (unpaired) electrons. The molecule has 17 heavy (non-hydrogen) atoms. The van der Waals surface area contributed by atoms with Gasteiger partial charge >= 0.3 is 5.97 Å². The van der Waals surface area contributed by atoms with Crippen molar-refractivity contribution in [1.29, 1.82) is 0 Å². The largest absolute Gasteiger partial charge is 0.465 e. The normalized spacial score (nSPS) is 12.2. The minimum absolute atomic E-state index is 0.0194. The van der Waals surface area contributed by atoms with Gasteiger partial charge in [-0.1, -0.05) is 11.6 Å². The summed E-state index contributed by atoms with van der Waals surface area (Å²) in [5.74, 6) is -0.569. The number of esters is 1. The van der Waals surface area contributed by atoms with Crippen molar-refractivity contribution in [2.75, 3.05) is 6.61 Å². The second-order valence-electron chi connectivity index (χ2n) is 3.35. The van der Waals surface area contributed by atoms with Gasteiger partial charge in [0.15, 0.2) is 0 Å². The second-order valence-corrected chi connectivity index (χ2v) is 3.76. The fourth-order valence-corrected chi connectivity index (χ4v) is 1.59. The number of halogens is 1. The van der Waals surface area contributed by atoms with Crippen molar-refractivity contribution < 1.29 is 14.6 Å². The number of rotatable bonds is 4. The van der Waals surface area contributed by atoms with Gasteiger partial charge in [-0.2, -0.15) is 5.10 Å². The molecule has 0 aromatic carbocycles. The van der Waals surface area contributed by atoms with Gasteiger partial charge in [0.05, 0.1) is 29.5 Å². The molecule has 0 amide bonds. The van der Waals surface area contributed by atoms with Crippen molar-refractivity contribution in [2.24, 2.45) is 0 Å². The standard InChI is InChI=1S/C10H13ClN2O4/c1-3-17-8(15)5-13-10(16)9(6(2)14)7(11)4-12-13/h4,6,14H,3,5H2,1-2H3. The van der Waals surface area contributed by atoms with Crippen LogP contribution in [0.3, 0.4) is 0 Å². The lowest BCUT2D eigenvalue weighted by molar-refractivity contribution is -0.144. The number of carbonyl (C=O) groups is 1. The first-order valence-electron chi connectivity index (χ1n) is 5.06. The van der Waals surface area contributed by atoms with Gasteiger partial charge in [-0.3, -0.25) is 9.59 Å². The molecule has 1 aromatic rings. The quantitative estimate of drug-likeness (QED) is 0.798. The summed E-state index contributed by atoms with van der Waals surface area (Å²) < 4.78 is 5.61. The summed E-state index contributed by atoms with van der Waals surface area (Å²) in [5, 5.41) is 13.2. The highest BCUT2D eigenvalue weighted by Crippen LogP contribution is 2.16. The maximum atomic E-state index is 11.8. The van der Waals surface area contributed by atoms with Crippen LogP contribution in [0.1, 0.15) is 25.5 Å². The Morgan fingerprint density at radius 1 is 1.71 bits per heavy atom. The zero-order valence-corrected chi connectivity index (χ0v) is 10.3. The molecular formula is C10H13ClN2O4. The van der Waals surface area contributed by atoms with Gasteiger partial charge < -0.3 is 9.84 Å². The minimum Gasteiger partial charge on any atom is -0.465 e. The zero-order valence-electron chi connectivity index (χ0n) is 9.51. The molecule has 94 valence electrons. The number of hydrogen-bond acceptors (Lipinski definition) is 5. The van der Waals surface area contributed by atoms with Gasteiger partial charge in [0.25, 0.3) is 5.56 Å². The number of nitrogens with zero attached hydrogens (tertiary/aromatic N) is 2. The van der Waals surface area contributed by atoms with E-state index in [0.29, 0.717) is 0 Å². The fraction of sp³-hybridized carbons (Fsp3) is 0.500. The average Bonchev–Trinajstić information content (AvgIpc) is 2.22. The molecule has 1 heterocycles. The first-order chi connectivity index (χ1) is 7.97. The molecule has 0 aliphatic heterocycles. The van der Waals surface area contributed by atoms with Crippen LogP contribution < -0.4 is 5.56 Å². The van der Waals surface area contributed by atoms with Crippen molar-refractivity contribution >= 4 is 17.6 Å². The summed E-state index contributed by atoms with van der Waals surface area (Å²) in [6.07, 6.45) is 0.191. The van der Waals surface area contributed by atoms with E-state index < -0.39 is 17.6 Å². The van der Waals surface area contributed by atoms with Crippen LogP contribution in [0.5, 0.6) is 0 Å². The number of aromatic nitrogens is 2. The summed E-state index contributed by atoms with van der Waals surface area (Å²) in [6.45, 7) is 3.00. The van der Waals surface area contributed by atoms with Gasteiger partial charge in [0.2, 0.25) is 0 Å². The van der Waals surface area contributed by atoms with Crippen molar-refractivity contribution in [3.8, 4) is 0 Å². The van der Waals surface area contributed by atoms with Gasteiger partial charge in [-0.05, 0) is 13.8 Å². The number of ether oxygens (including phenoxy) is 1. The smallest absolute Gasteiger partial charge is 0.327 e. The lowest BCUT2D eigenvalue weighted by Gasteiger charge is -2.09. The number of aliphatic hydroxyl groups excluding tert-OH is 1. The minimum atomic E-state index is -1.02. The molecule has 0 aliphatic carbocycles. The molecule has 1 unspecified atom stereocenters. The highest BCUT2D eigenvalue weighted by molar-refractivity contribution is 6.31. The summed E-state index contributed by atoms with van der Waals surface area (Å²) in [5.41, 5.74) is -0.577. The maximum absolute atomic E-state index is 11.8. The number of hydrogen-bond donors (Lipinski definition) is 1. The highest BCUT2D eigenvalue weighted by atomic mass is 35.5. The maximum Gasteiger partial charge on any atom is 0.327 e. The Hall–Kier alpha value is -1.40. The summed E-state index contributed by atoms with van der Waals surface area (Å²) in [7, 11) is 0. The molecule has 1 atom stereocenters. The molecular weight excluding hydrogens is 248 g/mol. The first-order valence-corrected chi connectivity index (χ1v) is 5.44. The third kappa shape index (κ3) is 3.28. The monoisotopic (exact) mass is 260 g/mol. The van der Waals surface area contributed by atoms with Crippen LogP contribution >= 0.6 is 11.6 Å². The van der Waals surface area contributed by atoms with Crippen LogP contribution in [-0.2, 0) is 16.1 Å². The Bertz CT molecular complexity index is 470. The molecule has 0 aliphatic rings. The van der Waals surface area contributed by atoms with Gasteiger partial charge in [0.1, 0.15) is 6.54 Å². The Morgan fingerprint density at radius 2 is 2.35 bits per heavy atom. The predicted molar refractivity (Wildman–Crippen MR) is 60.8 cm³/mol. The van der Waals surface area contributed by atoms with E-state index in [1.54, 1.807) is 6.92 Å². The van der Waals surface area contributed by atoms with Crippen LogP contribution in [0.15, 0.2) is 11.0 Å². The molecule has 0 saturated heterocycles. The van der Waals surface area contributed by atoms with E-state index in [0.717, 1.165) is 4.68 Å². The second kappa shape index (κ2) is 5.79. The first kappa shape index (κ1) is 13.7. The third-order valence-corrected chi connectivity index (χ3v) is 2.34. The highest BCUT2D eigenvalue weighted by Gasteiger charge is 2.16. The van der Waals surface area contributed by atoms with E-state index in [1.807, 2.05) is 0 Å². The summed E-state index contributed by atoms with van der Waals surface area (Å²) >= 11 is 5.74. The van der Waals surface area contributed by atoms with Crippen LogP contribution in [-0.4, -0.2) is 27.5 Å². The lowest BCUT2D eigenvalue weighted by Crippen LogP contribution is -2.31. The number of carbonyl (C=O) groups excluding carboxylic acids is 1. The molecule has 0 fully saturated rings. The molecule has 0 saturated carbocycles. The summed E-state index contributed by atoms with van der Waals surface area (Å²) in [4.78, 5) is 23.0. The Morgan fingerprint density at radius 3 is 2.88 bits per heavy atom. The van der Waals surface area contributed by atoms with Gasteiger partial charge in [0, 0.05) is 0 Å². The molecule has 7 heteroatoms. The van der Waals surface area contributed by atoms with Crippen molar-refractivity contribution in [3.05, 3.63) is 27.1 Å². The summed E-state index contributed by atoms with van der Waals surface area (Å²) in [6, 6.07) is 0. The van der Waals surface area contributed by atoms with E-state index in [-0.39, 0.29) is 23.7 Å². The molecule has 1 N–H and O–H groups in total. The molecule has 6 nitrogen and oxygen atoms in total. The van der Waals surface area contributed by atoms with Crippen LogP contribution in [0, 0.1) is 0 Å². The predicted octanol–water partition coefficient (Wildman–Crippen LogP) is 0.513. The Balaban J connectivity index is 3.07. The SMILES string of the molecule is CCOC(=O)Cn1ncc(Cl)c(C(C)O)c1=O. The van der Waals surface area contributed by atoms with E-state index in [4.69, 9.17) is 16.3 Å². The van der Waals surface area contributed by atoms with E-state index in [9.17, 15) is 14.7 Å². The third-order valence-electron chi connectivity index (χ3n) is 2.03. The average molecular weight is 261 g/mol.